The van der Waals surface area contributed by atoms with E-state index in [1.165, 1.54) is 292 Å². The van der Waals surface area contributed by atoms with Crippen molar-refractivity contribution in [3.8, 4) is 0 Å². The number of nitrogens with zero attached hydrogens (tertiary/aromatic N) is 2. The third kappa shape index (κ3) is 65.2. The van der Waals surface area contributed by atoms with Crippen LogP contribution in [0.5, 0.6) is 0 Å². The summed E-state index contributed by atoms with van der Waals surface area (Å²) in [5, 5.41) is 19.3. The van der Waals surface area contributed by atoms with Crippen LogP contribution >= 0.6 is 0 Å². The topological polar surface area (TPSA) is 80.3 Å². The molecule has 0 N–H and O–H groups in total. The Labute approximate surface area is 397 Å². The maximum absolute atomic E-state index is 9.66. The van der Waals surface area contributed by atoms with Gasteiger partial charge in [0, 0.05) is 11.9 Å². The van der Waals surface area contributed by atoms with Crippen LogP contribution in [0, 0.1) is 0 Å². The van der Waals surface area contributed by atoms with Crippen LogP contribution in [-0.2, 0) is 9.59 Å². The molecule has 6 nitrogen and oxygen atoms in total. The molecule has 6 heteroatoms. The highest BCUT2D eigenvalue weighted by Gasteiger charge is 2.14. The number of carboxylic acids is 2. The SMILES string of the molecule is CCCCCCCCCCCC[N+](C)(C)CCCCCCCCCCCC.CCCCCCCCCCCC[N+](C)(C)CCCCCCCCCCCC.O=C([O-])CCCC(=O)[O-]. The number of carboxylic acid groups (broad SMARTS) is 2. The second-order valence-corrected chi connectivity index (χ2v) is 21.1. The average molecular weight is 896 g/mol. The fourth-order valence-corrected chi connectivity index (χ4v) is 8.71. The molecule has 0 aliphatic rings. The molecule has 0 aromatic rings. The van der Waals surface area contributed by atoms with Crippen LogP contribution in [0.4, 0.5) is 0 Å². The molecule has 0 fully saturated rings. The van der Waals surface area contributed by atoms with Crippen molar-refractivity contribution < 1.29 is 28.8 Å². The van der Waals surface area contributed by atoms with Crippen molar-refractivity contribution in [3.63, 3.8) is 0 Å². The van der Waals surface area contributed by atoms with E-state index in [1.54, 1.807) is 0 Å². The maximum Gasteiger partial charge on any atom is 0.0782 e. The fraction of sp³-hybridized carbons (Fsp3) is 0.965. The first-order valence-electron chi connectivity index (χ1n) is 28.4. The van der Waals surface area contributed by atoms with Gasteiger partial charge in [-0.3, -0.25) is 0 Å². The standard InChI is InChI=1S/2C26H56N.C5H8O4/c2*1-5-7-9-11-13-15-17-19-21-23-25-27(3,4)26-24-22-20-18-16-14-12-10-8-6-2;6-4(7)2-1-3-5(8)9/h2*5-26H2,1-4H3;1-3H2,(H,6,7)(H,8,9)/q2*+1;/p-2. The lowest BCUT2D eigenvalue weighted by molar-refractivity contribution is -0.890. The zero-order valence-corrected chi connectivity index (χ0v) is 44.8. The molecule has 0 bridgehead atoms. The fourth-order valence-electron chi connectivity index (χ4n) is 8.71. The number of unbranched alkanes of at least 4 members (excludes halogenated alkanes) is 36. The van der Waals surface area contributed by atoms with Crippen LogP contribution in [0.3, 0.4) is 0 Å². The van der Waals surface area contributed by atoms with Gasteiger partial charge in [0.1, 0.15) is 0 Å². The summed E-state index contributed by atoms with van der Waals surface area (Å²) in [6.07, 6.45) is 57.6. The minimum atomic E-state index is -1.23. The van der Waals surface area contributed by atoms with E-state index in [1.807, 2.05) is 0 Å². The van der Waals surface area contributed by atoms with E-state index < -0.39 is 11.9 Å². The van der Waals surface area contributed by atoms with Crippen LogP contribution < -0.4 is 10.2 Å². The lowest BCUT2D eigenvalue weighted by Gasteiger charge is -2.30. The largest absolute Gasteiger partial charge is 0.550 e. The Morgan fingerprint density at radius 2 is 0.397 bits per heavy atom. The summed E-state index contributed by atoms with van der Waals surface area (Å²) >= 11 is 0. The molecule has 63 heavy (non-hydrogen) atoms. The zero-order valence-electron chi connectivity index (χ0n) is 44.8. The molecule has 0 heterocycles. The molecule has 0 amide bonds. The number of carbonyl (C=O) groups excluding carboxylic acids is 2. The second kappa shape index (κ2) is 53.5. The Hall–Kier alpha value is -1.14. The van der Waals surface area contributed by atoms with Gasteiger partial charge >= 0.3 is 0 Å². The molecule has 0 unspecified atom stereocenters. The summed E-state index contributed by atoms with van der Waals surface area (Å²) in [6.45, 7) is 14.7. The normalized spacial score (nSPS) is 11.6. The molecule has 0 saturated heterocycles. The summed E-state index contributed by atoms with van der Waals surface area (Å²) < 4.78 is 2.49. The van der Waals surface area contributed by atoms with Gasteiger partial charge in [0.15, 0.2) is 0 Å². The number of quaternary nitrogens is 2. The van der Waals surface area contributed by atoms with Crippen molar-refractivity contribution in [2.45, 2.75) is 304 Å². The van der Waals surface area contributed by atoms with E-state index in [2.05, 4.69) is 55.9 Å². The van der Waals surface area contributed by atoms with E-state index in [9.17, 15) is 19.8 Å². The Kier molecular flexibility index (Phi) is 56.1. The molecule has 0 spiro atoms. The van der Waals surface area contributed by atoms with Gasteiger partial charge in [0.05, 0.1) is 54.4 Å². The molecule has 380 valence electrons. The Morgan fingerprint density at radius 1 is 0.254 bits per heavy atom. The summed E-state index contributed by atoms with van der Waals surface area (Å²) in [6, 6.07) is 0. The minimum absolute atomic E-state index is 0.0880. The third-order valence-electron chi connectivity index (χ3n) is 13.2. The smallest absolute Gasteiger partial charge is 0.0782 e. The summed E-state index contributed by atoms with van der Waals surface area (Å²) in [4.78, 5) is 19.3. The van der Waals surface area contributed by atoms with Crippen molar-refractivity contribution in [1.82, 2.24) is 0 Å². The van der Waals surface area contributed by atoms with Crippen molar-refractivity contribution in [2.24, 2.45) is 0 Å². The summed E-state index contributed by atoms with van der Waals surface area (Å²) in [7, 11) is 9.78. The molecule has 0 radical (unpaired) electrons. The van der Waals surface area contributed by atoms with E-state index in [4.69, 9.17) is 0 Å². The first kappa shape index (κ1) is 66.1. The minimum Gasteiger partial charge on any atom is -0.550 e. The Bertz CT molecular complexity index is 769. The first-order chi connectivity index (χ1) is 30.4. The van der Waals surface area contributed by atoms with Gasteiger partial charge in [0.25, 0.3) is 0 Å². The number of hydrogen-bond acceptors (Lipinski definition) is 4. The highest BCUT2D eigenvalue weighted by Crippen LogP contribution is 2.16. The van der Waals surface area contributed by atoms with Crippen LogP contribution in [-0.4, -0.2) is 75.3 Å². The average Bonchev–Trinajstić information content (AvgIpc) is 3.23. The van der Waals surface area contributed by atoms with Gasteiger partial charge in [-0.05, 0) is 70.6 Å². The highest BCUT2D eigenvalue weighted by atomic mass is 16.4. The summed E-state index contributed by atoms with van der Waals surface area (Å²) in [5.41, 5.74) is 0. The zero-order chi connectivity index (χ0) is 47.4. The molecule has 0 saturated carbocycles. The molecular formula is C57H118N2O4. The molecule has 0 aliphatic carbocycles. The molecule has 0 aromatic heterocycles. The molecule has 0 aliphatic heterocycles. The quantitative estimate of drug-likeness (QED) is 0.0450. The number of aliphatic carboxylic acids is 2. The monoisotopic (exact) mass is 895 g/mol. The van der Waals surface area contributed by atoms with E-state index in [0.717, 1.165) is 0 Å². The summed E-state index contributed by atoms with van der Waals surface area (Å²) in [5.74, 6) is -2.45. The van der Waals surface area contributed by atoms with Crippen LogP contribution in [0.15, 0.2) is 0 Å². The maximum atomic E-state index is 9.66. The van der Waals surface area contributed by atoms with Gasteiger partial charge in [-0.2, -0.15) is 0 Å². The third-order valence-corrected chi connectivity index (χ3v) is 13.2. The van der Waals surface area contributed by atoms with Gasteiger partial charge in [-0.25, -0.2) is 0 Å². The lowest BCUT2D eigenvalue weighted by Crippen LogP contribution is -2.41. The molecule has 0 atom stereocenters. The van der Waals surface area contributed by atoms with E-state index in [-0.39, 0.29) is 19.3 Å². The van der Waals surface area contributed by atoms with Gasteiger partial charge in [-0.1, -0.05) is 233 Å². The van der Waals surface area contributed by atoms with Crippen LogP contribution in [0.1, 0.15) is 304 Å². The van der Waals surface area contributed by atoms with Crippen LogP contribution in [0.2, 0.25) is 0 Å². The van der Waals surface area contributed by atoms with Gasteiger partial charge < -0.3 is 28.8 Å². The Morgan fingerprint density at radius 3 is 0.540 bits per heavy atom. The van der Waals surface area contributed by atoms with Gasteiger partial charge in [-0.15, -0.1) is 0 Å². The second-order valence-electron chi connectivity index (χ2n) is 21.1. The predicted octanol–water partition coefficient (Wildman–Crippen LogP) is 15.5. The lowest BCUT2D eigenvalue weighted by atomic mass is 10.1. The van der Waals surface area contributed by atoms with Gasteiger partial charge in [0.2, 0.25) is 0 Å². The highest BCUT2D eigenvalue weighted by molar-refractivity contribution is 5.67. The van der Waals surface area contributed by atoms with Crippen molar-refractivity contribution >= 4 is 11.9 Å². The van der Waals surface area contributed by atoms with Crippen molar-refractivity contribution in [2.75, 3.05) is 54.4 Å². The molecular weight excluding hydrogens is 777 g/mol. The molecule has 0 aromatic carbocycles. The number of carbonyl (C=O) groups is 2. The first-order valence-corrected chi connectivity index (χ1v) is 28.4. The molecule has 0 rings (SSSR count). The van der Waals surface area contributed by atoms with E-state index >= 15 is 0 Å². The van der Waals surface area contributed by atoms with E-state index in [0.29, 0.717) is 0 Å². The number of hydrogen-bond donors (Lipinski definition) is 0. The van der Waals surface area contributed by atoms with Crippen LogP contribution in [0.25, 0.3) is 0 Å². The Balaban J connectivity index is -0.000000956. The van der Waals surface area contributed by atoms with Crippen molar-refractivity contribution in [1.29, 1.82) is 0 Å². The van der Waals surface area contributed by atoms with Crippen molar-refractivity contribution in [3.05, 3.63) is 0 Å². The number of rotatable bonds is 48. The predicted molar refractivity (Wildman–Crippen MR) is 275 cm³/mol.